The second kappa shape index (κ2) is 6.62. The quantitative estimate of drug-likeness (QED) is 0.559. The monoisotopic (exact) mass is 387 g/mol. The van der Waals surface area contributed by atoms with E-state index in [0.29, 0.717) is 10.6 Å². The molecule has 0 aliphatic rings. The lowest BCUT2D eigenvalue weighted by Crippen LogP contribution is -2.26. The highest BCUT2D eigenvalue weighted by Crippen LogP contribution is 2.31. The Morgan fingerprint density at radius 1 is 1.27 bits per heavy atom. The fraction of sp³-hybridized carbons (Fsp3) is 0.222. The number of ether oxygens (including phenoxy) is 2. The van der Waals surface area contributed by atoms with Crippen LogP contribution < -0.4 is 14.8 Å². The fourth-order valence-corrected chi connectivity index (χ4v) is 4.59. The number of rotatable bonds is 5. The largest absolute Gasteiger partial charge is 0.497 e. The second-order valence-corrected chi connectivity index (χ2v) is 7.68. The molecule has 134 valence electrons. The van der Waals surface area contributed by atoms with E-state index < -0.39 is 0 Å². The summed E-state index contributed by atoms with van der Waals surface area (Å²) < 4.78 is 12.7. The van der Waals surface area contributed by atoms with Crippen LogP contribution in [0.3, 0.4) is 0 Å². The van der Waals surface area contributed by atoms with Crippen molar-refractivity contribution in [1.29, 1.82) is 0 Å². The summed E-state index contributed by atoms with van der Waals surface area (Å²) in [6, 6.07) is 7.20. The predicted molar refractivity (Wildman–Crippen MR) is 104 cm³/mol. The molecule has 0 radical (unpaired) electrons. The zero-order chi connectivity index (χ0) is 18.3. The standard InChI is InChI=1S/C18H17N3O3S2/c1-10(12-8-11(23-2)4-5-14(12)24-3)19-16(22)15-9-13-17(26-15)20-18-21(13)6-7-25-18/h4-10H,1-3H3,(H,19,22). The normalized spacial score (nSPS) is 12.4. The molecule has 6 nitrogen and oxygen atoms in total. The van der Waals surface area contributed by atoms with Gasteiger partial charge in [-0.3, -0.25) is 9.20 Å². The number of methoxy groups -OCH3 is 2. The summed E-state index contributed by atoms with van der Waals surface area (Å²) in [4.78, 5) is 19.7. The number of thiazole rings is 1. The molecule has 1 aromatic carbocycles. The third kappa shape index (κ3) is 2.81. The van der Waals surface area contributed by atoms with Crippen molar-refractivity contribution in [2.75, 3.05) is 14.2 Å². The number of benzene rings is 1. The Kier molecular flexibility index (Phi) is 4.29. The molecule has 0 aliphatic heterocycles. The van der Waals surface area contributed by atoms with E-state index in [1.54, 1.807) is 25.6 Å². The van der Waals surface area contributed by atoms with Crippen LogP contribution in [-0.2, 0) is 0 Å². The molecular weight excluding hydrogens is 370 g/mol. The van der Waals surface area contributed by atoms with E-state index in [4.69, 9.17) is 9.47 Å². The molecule has 1 N–H and O–H groups in total. The van der Waals surface area contributed by atoms with Crippen LogP contribution in [0.15, 0.2) is 35.8 Å². The van der Waals surface area contributed by atoms with Gasteiger partial charge in [0.25, 0.3) is 5.91 Å². The van der Waals surface area contributed by atoms with Gasteiger partial charge in [-0.2, -0.15) is 0 Å². The number of hydrogen-bond donors (Lipinski definition) is 1. The summed E-state index contributed by atoms with van der Waals surface area (Å²) in [6.45, 7) is 1.92. The van der Waals surface area contributed by atoms with Crippen LogP contribution in [0.1, 0.15) is 28.2 Å². The molecule has 3 heterocycles. The third-order valence-electron chi connectivity index (χ3n) is 4.21. The number of nitrogens with one attached hydrogen (secondary N) is 1. The van der Waals surface area contributed by atoms with Crippen molar-refractivity contribution in [3.05, 3.63) is 46.3 Å². The summed E-state index contributed by atoms with van der Waals surface area (Å²) in [6.07, 6.45) is 1.97. The number of amides is 1. The Bertz CT molecular complexity index is 1100. The molecule has 26 heavy (non-hydrogen) atoms. The van der Waals surface area contributed by atoms with Gasteiger partial charge in [0, 0.05) is 17.1 Å². The number of hydrogen-bond acceptors (Lipinski definition) is 6. The zero-order valence-electron chi connectivity index (χ0n) is 14.5. The summed E-state index contributed by atoms with van der Waals surface area (Å²) in [5.74, 6) is 1.30. The molecule has 0 bridgehead atoms. The Hall–Kier alpha value is -2.58. The molecule has 0 spiro atoms. The van der Waals surface area contributed by atoms with Crippen LogP contribution in [0.25, 0.3) is 15.3 Å². The van der Waals surface area contributed by atoms with Crippen LogP contribution >= 0.6 is 22.7 Å². The molecular formula is C18H17N3O3S2. The molecule has 0 saturated heterocycles. The SMILES string of the molecule is COc1ccc(OC)c(C(C)NC(=O)c2cc3c(nc4sccn43)s2)c1. The van der Waals surface area contributed by atoms with Gasteiger partial charge in [-0.1, -0.05) is 0 Å². The third-order valence-corrected chi connectivity index (χ3v) is 5.99. The van der Waals surface area contributed by atoms with Gasteiger partial charge in [0.1, 0.15) is 16.3 Å². The fourth-order valence-electron chi connectivity index (χ4n) is 2.88. The van der Waals surface area contributed by atoms with Gasteiger partial charge in [-0.05, 0) is 31.2 Å². The van der Waals surface area contributed by atoms with E-state index >= 15 is 0 Å². The first-order valence-corrected chi connectivity index (χ1v) is 9.68. The lowest BCUT2D eigenvalue weighted by atomic mass is 10.1. The molecule has 1 unspecified atom stereocenters. The van der Waals surface area contributed by atoms with Crippen LogP contribution in [0.5, 0.6) is 11.5 Å². The maximum absolute atomic E-state index is 12.7. The van der Waals surface area contributed by atoms with Crippen molar-refractivity contribution in [2.45, 2.75) is 13.0 Å². The van der Waals surface area contributed by atoms with Gasteiger partial charge in [-0.15, -0.1) is 22.7 Å². The molecule has 1 amide bonds. The minimum absolute atomic E-state index is 0.130. The number of nitrogens with zero attached hydrogens (tertiary/aromatic N) is 2. The van der Waals surface area contributed by atoms with Gasteiger partial charge in [0.2, 0.25) is 0 Å². The molecule has 4 aromatic rings. The summed E-state index contributed by atoms with van der Waals surface area (Å²) in [7, 11) is 3.22. The molecule has 1 atom stereocenters. The maximum atomic E-state index is 12.7. The second-order valence-electron chi connectivity index (χ2n) is 5.77. The Balaban J connectivity index is 1.60. The minimum Gasteiger partial charge on any atom is -0.497 e. The maximum Gasteiger partial charge on any atom is 0.261 e. The Morgan fingerprint density at radius 2 is 2.12 bits per heavy atom. The van der Waals surface area contributed by atoms with Crippen molar-refractivity contribution in [1.82, 2.24) is 14.7 Å². The van der Waals surface area contributed by atoms with E-state index in [9.17, 15) is 4.79 Å². The Labute approximate surface area is 158 Å². The first-order valence-electron chi connectivity index (χ1n) is 7.98. The highest BCUT2D eigenvalue weighted by molar-refractivity contribution is 7.21. The van der Waals surface area contributed by atoms with Gasteiger partial charge in [-0.25, -0.2) is 4.98 Å². The number of thiophene rings is 1. The van der Waals surface area contributed by atoms with Crippen molar-refractivity contribution < 1.29 is 14.3 Å². The molecule has 0 aliphatic carbocycles. The number of carbonyl (C=O) groups excluding carboxylic acids is 1. The van der Waals surface area contributed by atoms with E-state index in [-0.39, 0.29) is 11.9 Å². The highest BCUT2D eigenvalue weighted by atomic mass is 32.1. The summed E-state index contributed by atoms with van der Waals surface area (Å²) in [5.41, 5.74) is 1.83. The Morgan fingerprint density at radius 3 is 2.88 bits per heavy atom. The topological polar surface area (TPSA) is 64.9 Å². The lowest BCUT2D eigenvalue weighted by Gasteiger charge is -2.17. The average molecular weight is 387 g/mol. The highest BCUT2D eigenvalue weighted by Gasteiger charge is 2.19. The van der Waals surface area contributed by atoms with Gasteiger partial charge >= 0.3 is 0 Å². The van der Waals surface area contributed by atoms with Crippen molar-refractivity contribution >= 4 is 43.9 Å². The van der Waals surface area contributed by atoms with E-state index in [2.05, 4.69) is 10.3 Å². The van der Waals surface area contributed by atoms with Gasteiger partial charge < -0.3 is 14.8 Å². The van der Waals surface area contributed by atoms with Crippen molar-refractivity contribution in [2.24, 2.45) is 0 Å². The van der Waals surface area contributed by atoms with Crippen LogP contribution in [0.2, 0.25) is 0 Å². The van der Waals surface area contributed by atoms with Crippen molar-refractivity contribution in [3.63, 3.8) is 0 Å². The van der Waals surface area contributed by atoms with Gasteiger partial charge in [0.05, 0.1) is 30.7 Å². The number of aromatic nitrogens is 2. The van der Waals surface area contributed by atoms with E-state index in [1.807, 2.05) is 47.2 Å². The van der Waals surface area contributed by atoms with E-state index in [1.165, 1.54) is 11.3 Å². The zero-order valence-corrected chi connectivity index (χ0v) is 16.1. The summed E-state index contributed by atoms with van der Waals surface area (Å²) >= 11 is 2.98. The van der Waals surface area contributed by atoms with E-state index in [0.717, 1.165) is 26.6 Å². The van der Waals surface area contributed by atoms with Crippen molar-refractivity contribution in [3.8, 4) is 11.5 Å². The molecule has 0 saturated carbocycles. The van der Waals surface area contributed by atoms with Crippen LogP contribution in [0, 0.1) is 0 Å². The lowest BCUT2D eigenvalue weighted by molar-refractivity contribution is 0.0943. The van der Waals surface area contributed by atoms with Gasteiger partial charge in [0.15, 0.2) is 4.96 Å². The number of imidazole rings is 1. The smallest absolute Gasteiger partial charge is 0.261 e. The molecule has 0 fully saturated rings. The molecule has 3 aromatic heterocycles. The average Bonchev–Trinajstić information content (AvgIpc) is 3.33. The predicted octanol–water partition coefficient (Wildman–Crippen LogP) is 4.12. The first kappa shape index (κ1) is 16.9. The van der Waals surface area contributed by atoms with Crippen LogP contribution in [-0.4, -0.2) is 29.5 Å². The minimum atomic E-state index is -0.231. The number of fused-ring (bicyclic) bond motifs is 3. The van der Waals surface area contributed by atoms with Crippen LogP contribution in [0.4, 0.5) is 0 Å². The molecule has 8 heteroatoms. The number of carbonyl (C=O) groups is 1. The molecule has 4 rings (SSSR count). The first-order chi connectivity index (χ1) is 12.6. The summed E-state index contributed by atoms with van der Waals surface area (Å²) in [5, 5.41) is 5.02.